The van der Waals surface area contributed by atoms with Gasteiger partial charge in [0.05, 0.1) is 24.3 Å². The molecule has 0 aliphatic heterocycles. The number of carbonyl (C=O) groups excluding carboxylic acids is 1. The van der Waals surface area contributed by atoms with Crippen LogP contribution in [-0.4, -0.2) is 17.6 Å². The molecule has 0 atom stereocenters. The molecule has 1 rings (SSSR count). The van der Waals surface area contributed by atoms with E-state index in [4.69, 9.17) is 15.7 Å². The second-order valence-electron chi connectivity index (χ2n) is 3.63. The van der Waals surface area contributed by atoms with Crippen LogP contribution in [0.4, 0.5) is 8.78 Å². The summed E-state index contributed by atoms with van der Waals surface area (Å²) in [5.74, 6) is -0.521. The summed E-state index contributed by atoms with van der Waals surface area (Å²) in [6, 6.07) is 2.85. The zero-order chi connectivity index (χ0) is 14.4. The first kappa shape index (κ1) is 15.0. The Kier molecular flexibility index (Phi) is 5.33. The number of nitriles is 1. The van der Waals surface area contributed by atoms with Crippen LogP contribution < -0.4 is 5.73 Å². The second kappa shape index (κ2) is 6.75. The summed E-state index contributed by atoms with van der Waals surface area (Å²) < 4.78 is 30.2. The summed E-state index contributed by atoms with van der Waals surface area (Å²) in [6.45, 7) is 1.77. The monoisotopic (exact) mass is 269 g/mol. The number of hydrogen-bond acceptors (Lipinski definition) is 5. The first-order valence-corrected chi connectivity index (χ1v) is 5.60. The lowest BCUT2D eigenvalue weighted by atomic mass is 10.1. The Hall–Kier alpha value is -2.07. The van der Waals surface area contributed by atoms with E-state index in [1.165, 1.54) is 6.07 Å². The van der Waals surface area contributed by atoms with Crippen molar-refractivity contribution in [3.8, 4) is 6.07 Å². The van der Waals surface area contributed by atoms with Crippen LogP contribution in [0.3, 0.4) is 0 Å². The summed E-state index contributed by atoms with van der Waals surface area (Å²) in [5.41, 5.74) is 5.05. The van der Waals surface area contributed by atoms with Crippen LogP contribution in [0.1, 0.15) is 35.9 Å². The molecule has 0 saturated heterocycles. The maximum atomic E-state index is 12.7. The zero-order valence-electron chi connectivity index (χ0n) is 10.3. The lowest BCUT2D eigenvalue weighted by Gasteiger charge is -2.10. The van der Waals surface area contributed by atoms with Crippen LogP contribution in [0, 0.1) is 11.3 Å². The van der Waals surface area contributed by atoms with Gasteiger partial charge in [-0.1, -0.05) is 0 Å². The van der Waals surface area contributed by atoms with E-state index in [-0.39, 0.29) is 30.8 Å². The molecule has 0 aliphatic carbocycles. The Bertz CT molecular complexity index is 512. The molecule has 1 aromatic heterocycles. The lowest BCUT2D eigenvalue weighted by Crippen LogP contribution is -2.14. The summed E-state index contributed by atoms with van der Waals surface area (Å²) in [4.78, 5) is 15.0. The molecule has 0 bridgehead atoms. The molecule has 0 unspecified atom stereocenters. The molecule has 0 spiro atoms. The second-order valence-corrected chi connectivity index (χ2v) is 3.63. The minimum absolute atomic E-state index is 0.0971. The van der Waals surface area contributed by atoms with Gasteiger partial charge in [-0.25, -0.2) is 13.8 Å². The Labute approximate surface area is 109 Å². The van der Waals surface area contributed by atoms with Gasteiger partial charge in [0.1, 0.15) is 11.8 Å². The SMILES string of the molecule is CCOC(=O)Cc1cc(C#N)c(C(F)F)nc1CN. The molecule has 1 heterocycles. The maximum absolute atomic E-state index is 12.7. The van der Waals surface area contributed by atoms with Crippen LogP contribution in [0.5, 0.6) is 0 Å². The first-order chi connectivity index (χ1) is 9.03. The van der Waals surface area contributed by atoms with Gasteiger partial charge < -0.3 is 10.5 Å². The van der Waals surface area contributed by atoms with Crippen molar-refractivity contribution in [3.05, 3.63) is 28.6 Å². The zero-order valence-corrected chi connectivity index (χ0v) is 10.3. The number of carbonyl (C=O) groups is 1. The van der Waals surface area contributed by atoms with Gasteiger partial charge in [0.2, 0.25) is 0 Å². The predicted octanol–water partition coefficient (Wildman–Crippen LogP) is 1.46. The van der Waals surface area contributed by atoms with Crippen molar-refractivity contribution in [1.82, 2.24) is 4.98 Å². The highest BCUT2D eigenvalue weighted by Crippen LogP contribution is 2.23. The van der Waals surface area contributed by atoms with Crippen LogP contribution in [0.2, 0.25) is 0 Å². The fraction of sp³-hybridized carbons (Fsp3) is 0.417. The number of alkyl halides is 2. The van der Waals surface area contributed by atoms with Crippen molar-refractivity contribution in [1.29, 1.82) is 5.26 Å². The van der Waals surface area contributed by atoms with Gasteiger partial charge in [-0.05, 0) is 18.6 Å². The lowest BCUT2D eigenvalue weighted by molar-refractivity contribution is -0.142. The molecule has 0 aromatic carbocycles. The van der Waals surface area contributed by atoms with E-state index in [2.05, 4.69) is 4.98 Å². The molecular formula is C12H13F2N3O2. The molecule has 0 aliphatic rings. The van der Waals surface area contributed by atoms with Crippen molar-refractivity contribution < 1.29 is 18.3 Å². The average molecular weight is 269 g/mol. The average Bonchev–Trinajstić information content (AvgIpc) is 2.38. The summed E-state index contributed by atoms with van der Waals surface area (Å²) in [6.07, 6.45) is -3.01. The Morgan fingerprint density at radius 2 is 2.32 bits per heavy atom. The van der Waals surface area contributed by atoms with E-state index in [1.807, 2.05) is 0 Å². The van der Waals surface area contributed by atoms with Crippen molar-refractivity contribution in [2.24, 2.45) is 5.73 Å². The van der Waals surface area contributed by atoms with E-state index in [0.29, 0.717) is 5.56 Å². The van der Waals surface area contributed by atoms with Gasteiger partial charge in [0, 0.05) is 6.54 Å². The number of nitrogens with two attached hydrogens (primary N) is 1. The number of hydrogen-bond donors (Lipinski definition) is 1. The van der Waals surface area contributed by atoms with Gasteiger partial charge in [-0.3, -0.25) is 4.79 Å². The number of aromatic nitrogens is 1. The standard InChI is InChI=1S/C12H13F2N3O2/c1-2-19-10(18)4-7-3-8(5-15)11(12(13)14)17-9(7)6-16/h3,12H,2,4,6,16H2,1H3. The molecule has 19 heavy (non-hydrogen) atoms. The first-order valence-electron chi connectivity index (χ1n) is 5.60. The largest absolute Gasteiger partial charge is 0.466 e. The van der Waals surface area contributed by atoms with Gasteiger partial charge in [-0.2, -0.15) is 5.26 Å². The van der Waals surface area contributed by atoms with E-state index in [9.17, 15) is 13.6 Å². The Morgan fingerprint density at radius 1 is 1.63 bits per heavy atom. The molecule has 5 nitrogen and oxygen atoms in total. The highest BCUT2D eigenvalue weighted by Gasteiger charge is 2.19. The third-order valence-corrected chi connectivity index (χ3v) is 2.38. The summed E-state index contributed by atoms with van der Waals surface area (Å²) in [5, 5.41) is 8.82. The smallest absolute Gasteiger partial charge is 0.310 e. The van der Waals surface area contributed by atoms with E-state index in [0.717, 1.165) is 0 Å². The van der Waals surface area contributed by atoms with E-state index in [1.54, 1.807) is 13.0 Å². The Balaban J connectivity index is 3.18. The molecular weight excluding hydrogens is 256 g/mol. The number of halogens is 2. The van der Waals surface area contributed by atoms with Crippen LogP contribution >= 0.6 is 0 Å². The fourth-order valence-corrected chi connectivity index (χ4v) is 1.56. The molecule has 2 N–H and O–H groups in total. The van der Waals surface area contributed by atoms with Crippen molar-refractivity contribution in [3.63, 3.8) is 0 Å². The third kappa shape index (κ3) is 3.69. The molecule has 0 radical (unpaired) electrons. The van der Waals surface area contributed by atoms with Crippen LogP contribution in [-0.2, 0) is 22.5 Å². The van der Waals surface area contributed by atoms with Crippen molar-refractivity contribution in [2.45, 2.75) is 26.3 Å². The van der Waals surface area contributed by atoms with Gasteiger partial charge in [0.15, 0.2) is 0 Å². The van der Waals surface area contributed by atoms with Crippen molar-refractivity contribution >= 4 is 5.97 Å². The highest BCUT2D eigenvalue weighted by atomic mass is 19.3. The molecule has 7 heteroatoms. The molecule has 102 valence electrons. The maximum Gasteiger partial charge on any atom is 0.310 e. The fourth-order valence-electron chi connectivity index (χ4n) is 1.56. The molecule has 1 aromatic rings. The third-order valence-electron chi connectivity index (χ3n) is 2.38. The predicted molar refractivity (Wildman–Crippen MR) is 62.1 cm³/mol. The topological polar surface area (TPSA) is 89.0 Å². The van der Waals surface area contributed by atoms with E-state index >= 15 is 0 Å². The highest BCUT2D eigenvalue weighted by molar-refractivity contribution is 5.73. The number of ether oxygens (including phenoxy) is 1. The van der Waals surface area contributed by atoms with E-state index < -0.39 is 18.1 Å². The van der Waals surface area contributed by atoms with Gasteiger partial charge >= 0.3 is 5.97 Å². The number of rotatable bonds is 5. The van der Waals surface area contributed by atoms with Gasteiger partial charge in [0.25, 0.3) is 6.43 Å². The van der Waals surface area contributed by atoms with Gasteiger partial charge in [-0.15, -0.1) is 0 Å². The van der Waals surface area contributed by atoms with Crippen molar-refractivity contribution in [2.75, 3.05) is 6.61 Å². The molecule has 0 fully saturated rings. The quantitative estimate of drug-likeness (QED) is 0.817. The Morgan fingerprint density at radius 3 is 2.79 bits per heavy atom. The number of pyridine rings is 1. The molecule has 0 amide bonds. The normalized spacial score (nSPS) is 10.3. The van der Waals surface area contributed by atoms with Crippen LogP contribution in [0.25, 0.3) is 0 Å². The molecule has 0 saturated carbocycles. The minimum atomic E-state index is -2.86. The minimum Gasteiger partial charge on any atom is -0.466 e. The number of nitrogens with zero attached hydrogens (tertiary/aromatic N) is 2. The van der Waals surface area contributed by atoms with Crippen LogP contribution in [0.15, 0.2) is 6.07 Å². The summed E-state index contributed by atoms with van der Waals surface area (Å²) >= 11 is 0. The number of esters is 1. The summed E-state index contributed by atoms with van der Waals surface area (Å²) in [7, 11) is 0.